The smallest absolute Gasteiger partial charge is 0.185 e. The third-order valence-electron chi connectivity index (χ3n) is 11.9. The van der Waals surface area contributed by atoms with Crippen molar-refractivity contribution in [3.63, 3.8) is 0 Å². The van der Waals surface area contributed by atoms with E-state index in [1.807, 2.05) is 146 Å². The third-order valence-corrected chi connectivity index (χ3v) is 11.9. The number of rotatable bonds is 8. The lowest BCUT2D eigenvalue weighted by Gasteiger charge is -2.43. The van der Waals surface area contributed by atoms with Gasteiger partial charge in [-0.05, 0) is 70.9 Å². The molecule has 1 fully saturated rings. The van der Waals surface area contributed by atoms with Gasteiger partial charge in [-0.3, -0.25) is 0 Å². The van der Waals surface area contributed by atoms with Crippen LogP contribution >= 0.6 is 0 Å². The van der Waals surface area contributed by atoms with E-state index in [-0.39, 0.29) is 0 Å². The van der Waals surface area contributed by atoms with E-state index in [1.165, 1.54) is 0 Å². The van der Waals surface area contributed by atoms with E-state index in [0.29, 0.717) is 22.3 Å². The third kappa shape index (κ3) is 5.60. The molecule has 2 N–H and O–H groups in total. The van der Waals surface area contributed by atoms with Crippen molar-refractivity contribution in [1.29, 1.82) is 0 Å². The zero-order chi connectivity index (χ0) is 38.6. The monoisotopic (exact) mass is 740 g/mol. The molecule has 0 aliphatic carbocycles. The van der Waals surface area contributed by atoms with Crippen molar-refractivity contribution in [2.24, 2.45) is 0 Å². The molecule has 0 radical (unpaired) electrons. The van der Waals surface area contributed by atoms with E-state index in [1.54, 1.807) is 6.08 Å². The molecule has 1 aliphatic heterocycles. The summed E-state index contributed by atoms with van der Waals surface area (Å²) in [6.45, 7) is 3.95. The van der Waals surface area contributed by atoms with Crippen LogP contribution in [0.3, 0.4) is 0 Å². The minimum atomic E-state index is -1.87. The topological polar surface area (TPSA) is 58.9 Å². The van der Waals surface area contributed by atoms with E-state index in [2.05, 4.69) is 55.1 Å². The molecule has 1 aliphatic rings. The maximum atomic E-state index is 14.3. The van der Waals surface area contributed by atoms with Crippen molar-refractivity contribution in [3.05, 3.63) is 234 Å². The van der Waals surface area contributed by atoms with Gasteiger partial charge in [0.2, 0.25) is 0 Å². The Labute approximate surface area is 331 Å². The first-order chi connectivity index (χ1) is 28.0. The number of hydrogen-bond donors (Lipinski definition) is 2. The molecule has 4 nitrogen and oxygen atoms in total. The maximum absolute atomic E-state index is 14.3. The number of fused-ring (bicyclic) bond motifs is 4. The van der Waals surface area contributed by atoms with Gasteiger partial charge in [-0.15, -0.1) is 0 Å². The molecule has 9 aromatic rings. The summed E-state index contributed by atoms with van der Waals surface area (Å²) in [6, 6.07) is 64.3. The number of aliphatic hydroxyl groups is 2. The van der Waals surface area contributed by atoms with Crippen LogP contribution in [0.25, 0.3) is 49.2 Å². The highest BCUT2D eigenvalue weighted by molar-refractivity contribution is 5.93. The van der Waals surface area contributed by atoms with Gasteiger partial charge in [0.25, 0.3) is 0 Å². The van der Waals surface area contributed by atoms with Gasteiger partial charge in [0.1, 0.15) is 23.4 Å². The van der Waals surface area contributed by atoms with Crippen LogP contribution in [0.1, 0.15) is 39.7 Å². The van der Waals surface area contributed by atoms with Crippen molar-refractivity contribution in [2.45, 2.75) is 29.7 Å². The molecule has 1 saturated heterocycles. The average Bonchev–Trinajstić information content (AvgIpc) is 3.75. The Hall–Kier alpha value is -6.40. The summed E-state index contributed by atoms with van der Waals surface area (Å²) >= 11 is 0. The molecule has 0 amide bonds. The minimum Gasteiger partial charge on any atom is -0.377 e. The zero-order valence-electron chi connectivity index (χ0n) is 31.2. The molecule has 9 aromatic carbocycles. The predicted octanol–water partition coefficient (Wildman–Crippen LogP) is 11.6. The van der Waals surface area contributed by atoms with Crippen molar-refractivity contribution >= 4 is 49.2 Å². The Kier molecular flexibility index (Phi) is 8.58. The van der Waals surface area contributed by atoms with Crippen molar-refractivity contribution in [1.82, 2.24) is 0 Å². The largest absolute Gasteiger partial charge is 0.377 e. The Morgan fingerprint density at radius 3 is 1.00 bits per heavy atom. The van der Waals surface area contributed by atoms with E-state index >= 15 is 0 Å². The van der Waals surface area contributed by atoms with Crippen LogP contribution in [0.4, 0.5) is 0 Å². The zero-order valence-corrected chi connectivity index (χ0v) is 31.2. The van der Waals surface area contributed by atoms with Crippen LogP contribution in [-0.2, 0) is 20.7 Å². The van der Waals surface area contributed by atoms with Crippen molar-refractivity contribution in [3.8, 4) is 0 Å². The van der Waals surface area contributed by atoms with E-state index < -0.39 is 29.7 Å². The fourth-order valence-corrected chi connectivity index (χ4v) is 9.16. The Bertz CT molecular complexity index is 2590. The Balaban J connectivity index is 1.32. The van der Waals surface area contributed by atoms with Gasteiger partial charge in [-0.25, -0.2) is 0 Å². The van der Waals surface area contributed by atoms with Crippen LogP contribution in [0.15, 0.2) is 201 Å². The summed E-state index contributed by atoms with van der Waals surface area (Å²) in [4.78, 5) is 0. The van der Waals surface area contributed by atoms with E-state index in [4.69, 9.17) is 9.47 Å². The lowest BCUT2D eigenvalue weighted by molar-refractivity contribution is -0.108. The second kappa shape index (κ2) is 14.0. The highest BCUT2D eigenvalue weighted by Gasteiger charge is 2.60. The lowest BCUT2D eigenvalue weighted by atomic mass is 9.69. The molecular formula is C53H40O4. The van der Waals surface area contributed by atoms with Crippen LogP contribution in [0, 0.1) is 0 Å². The lowest BCUT2D eigenvalue weighted by Crippen LogP contribution is -2.55. The number of hydrogen-bond acceptors (Lipinski definition) is 4. The fraction of sp³-hybridized carbons (Fsp3) is 0.0943. The van der Waals surface area contributed by atoms with Gasteiger partial charge in [0, 0.05) is 5.56 Å². The first kappa shape index (κ1) is 35.0. The predicted molar refractivity (Wildman–Crippen MR) is 231 cm³/mol. The molecule has 0 unspecified atom stereocenters. The van der Waals surface area contributed by atoms with E-state index in [9.17, 15) is 10.2 Å². The standard InChI is InChI=1S/C53H40O4/c1-2-35-31-33-40(34-32-35)51-56-49(52(54,45-27-11-19-36-15-3-7-23-41(36)45)46-28-12-20-37-16-4-8-24-42(37)46)50(57-51)53(55,47-29-13-21-38-17-5-9-25-43(38)47)48-30-14-22-39-18-6-10-26-44(39)48/h2-34,49-51,54-55H,1H2/t49-,50-/m1/s1. The molecular weight excluding hydrogens is 701 g/mol. The molecule has 57 heavy (non-hydrogen) atoms. The summed E-state index contributed by atoms with van der Waals surface area (Å²) in [5.41, 5.74) is 0.567. The summed E-state index contributed by atoms with van der Waals surface area (Å²) < 4.78 is 14.5. The van der Waals surface area contributed by atoms with Crippen LogP contribution < -0.4 is 0 Å². The molecule has 0 bridgehead atoms. The van der Waals surface area contributed by atoms with Crippen LogP contribution in [-0.4, -0.2) is 22.4 Å². The first-order valence-corrected chi connectivity index (χ1v) is 19.4. The molecule has 276 valence electrons. The highest BCUT2D eigenvalue weighted by Crippen LogP contribution is 2.54. The summed E-state index contributed by atoms with van der Waals surface area (Å²) in [5.74, 6) is 0. The van der Waals surface area contributed by atoms with Gasteiger partial charge < -0.3 is 19.7 Å². The van der Waals surface area contributed by atoms with Gasteiger partial charge in [0.15, 0.2) is 6.29 Å². The Morgan fingerprint density at radius 2 is 0.684 bits per heavy atom. The van der Waals surface area contributed by atoms with E-state index in [0.717, 1.165) is 54.2 Å². The van der Waals surface area contributed by atoms with Gasteiger partial charge in [0.05, 0.1) is 0 Å². The van der Waals surface area contributed by atoms with Crippen LogP contribution in [0.5, 0.6) is 0 Å². The summed E-state index contributed by atoms with van der Waals surface area (Å²) in [6.07, 6.45) is -1.49. The quantitative estimate of drug-likeness (QED) is 0.163. The fourth-order valence-electron chi connectivity index (χ4n) is 9.16. The minimum absolute atomic E-state index is 0.649. The number of ether oxygens (including phenoxy) is 2. The van der Waals surface area contributed by atoms with Gasteiger partial charge >= 0.3 is 0 Å². The molecule has 0 spiro atoms. The Morgan fingerprint density at radius 1 is 0.386 bits per heavy atom. The second-order valence-corrected chi connectivity index (χ2v) is 15.0. The molecule has 1 heterocycles. The maximum Gasteiger partial charge on any atom is 0.185 e. The summed E-state index contributed by atoms with van der Waals surface area (Å²) in [5, 5.41) is 36.0. The molecule has 10 rings (SSSR count). The van der Waals surface area contributed by atoms with Crippen molar-refractivity contribution < 1.29 is 19.7 Å². The molecule has 0 saturated carbocycles. The van der Waals surface area contributed by atoms with Crippen molar-refractivity contribution in [2.75, 3.05) is 0 Å². The first-order valence-electron chi connectivity index (χ1n) is 19.4. The highest BCUT2D eigenvalue weighted by atomic mass is 16.7. The van der Waals surface area contributed by atoms with Crippen LogP contribution in [0.2, 0.25) is 0 Å². The molecule has 0 aromatic heterocycles. The van der Waals surface area contributed by atoms with Gasteiger partial charge in [-0.1, -0.05) is 207 Å². The summed E-state index contributed by atoms with van der Waals surface area (Å²) in [7, 11) is 0. The molecule has 2 atom stereocenters. The second-order valence-electron chi connectivity index (χ2n) is 15.0. The average molecular weight is 741 g/mol. The van der Waals surface area contributed by atoms with Gasteiger partial charge in [-0.2, -0.15) is 0 Å². The normalized spacial score (nSPS) is 16.5. The number of benzene rings is 9. The SMILES string of the molecule is C=Cc1ccc(C2O[C@@H](C(O)(c3cccc4ccccc34)c3cccc4ccccc34)[C@H](C(O)(c3cccc4ccccc34)c3cccc4ccccc34)O2)cc1. The molecule has 4 heteroatoms.